The van der Waals surface area contributed by atoms with E-state index in [-0.39, 0.29) is 57.9 Å². The first-order chi connectivity index (χ1) is 16.7. The van der Waals surface area contributed by atoms with E-state index < -0.39 is 11.9 Å². The van der Waals surface area contributed by atoms with Crippen LogP contribution in [-0.4, -0.2) is 28.0 Å². The number of carboxylic acids is 1. The molecule has 0 saturated carbocycles. The fourth-order valence-electron chi connectivity index (χ4n) is 4.66. The van der Waals surface area contributed by atoms with Gasteiger partial charge in [-0.1, -0.05) is 19.9 Å². The van der Waals surface area contributed by atoms with Gasteiger partial charge in [-0.25, -0.2) is 4.79 Å². The van der Waals surface area contributed by atoms with Gasteiger partial charge in [0.1, 0.15) is 17.1 Å². The zero-order valence-corrected chi connectivity index (χ0v) is 18.9. The predicted octanol–water partition coefficient (Wildman–Crippen LogP) is 4.50. The number of nitrogens with zero attached hydrogens (tertiary/aromatic N) is 1. The molecule has 2 N–H and O–H groups in total. The smallest absolute Gasteiger partial charge is 0.336 e. The van der Waals surface area contributed by atoms with Crippen LogP contribution in [0.1, 0.15) is 30.6 Å². The molecule has 2 aromatic rings. The van der Waals surface area contributed by atoms with Gasteiger partial charge in [0.05, 0.1) is 17.2 Å². The lowest BCUT2D eigenvalue weighted by Gasteiger charge is -2.20. The Kier molecular flexibility index (Phi) is 5.16. The van der Waals surface area contributed by atoms with Crippen molar-refractivity contribution < 1.29 is 29.0 Å². The zero-order valence-electron chi connectivity index (χ0n) is 18.9. The number of carbonyl (C=O) groups excluding carboxylic acids is 2. The quantitative estimate of drug-likeness (QED) is 0.331. The standard InChI is InChI=1S/C27H21NO7/c1-13(2)20-12-24(31)28(26(20)32)14-3-6-17(21(9-14)27(33)34)25-18-7-4-15(29)10-22(18)35-23-11-16(30)5-8-19(23)25/h3-11,13,20,29H,12H2,1-2H3,(H,33,34). The lowest BCUT2D eigenvalue weighted by atomic mass is 9.90. The Morgan fingerprint density at radius 3 is 2.43 bits per heavy atom. The summed E-state index contributed by atoms with van der Waals surface area (Å²) in [6.07, 6.45) is 0.0805. The van der Waals surface area contributed by atoms with E-state index in [1.54, 1.807) is 24.3 Å². The van der Waals surface area contributed by atoms with Crippen LogP contribution in [0.25, 0.3) is 33.4 Å². The molecule has 0 bridgehead atoms. The van der Waals surface area contributed by atoms with Gasteiger partial charge in [0, 0.05) is 35.1 Å². The van der Waals surface area contributed by atoms with Gasteiger partial charge < -0.3 is 14.6 Å². The van der Waals surface area contributed by atoms with Crippen LogP contribution in [-0.2, 0) is 9.59 Å². The normalized spacial score (nSPS) is 16.1. The molecule has 5 rings (SSSR count). The van der Waals surface area contributed by atoms with Gasteiger partial charge in [-0.2, -0.15) is 0 Å². The molecule has 0 spiro atoms. The Bertz CT molecular complexity index is 1570. The van der Waals surface area contributed by atoms with E-state index in [1.165, 1.54) is 30.3 Å². The minimum atomic E-state index is -1.25. The number of hydrogen-bond donors (Lipinski definition) is 2. The number of fused-ring (bicyclic) bond motifs is 2. The number of rotatable bonds is 4. The highest BCUT2D eigenvalue weighted by Gasteiger charge is 2.41. The van der Waals surface area contributed by atoms with E-state index in [4.69, 9.17) is 4.42 Å². The topological polar surface area (TPSA) is 125 Å². The van der Waals surface area contributed by atoms with E-state index >= 15 is 0 Å². The number of phenols is 1. The maximum atomic E-state index is 12.9. The van der Waals surface area contributed by atoms with Crippen molar-refractivity contribution >= 4 is 34.4 Å². The van der Waals surface area contributed by atoms with Gasteiger partial charge >= 0.3 is 5.97 Å². The van der Waals surface area contributed by atoms with Crippen molar-refractivity contribution in [2.75, 3.05) is 4.90 Å². The Balaban J connectivity index is 1.76. The van der Waals surface area contributed by atoms with Crippen LogP contribution < -0.4 is 10.3 Å². The van der Waals surface area contributed by atoms with Crippen LogP contribution in [0.2, 0.25) is 0 Å². The monoisotopic (exact) mass is 471 g/mol. The second-order valence-electron chi connectivity index (χ2n) is 8.97. The number of benzene rings is 3. The first-order valence-electron chi connectivity index (χ1n) is 11.1. The molecule has 1 aliphatic carbocycles. The van der Waals surface area contributed by atoms with Crippen LogP contribution in [0, 0.1) is 11.8 Å². The van der Waals surface area contributed by atoms with Crippen molar-refractivity contribution in [1.29, 1.82) is 0 Å². The Hall–Kier alpha value is -4.46. The second-order valence-corrected chi connectivity index (χ2v) is 8.97. The predicted molar refractivity (Wildman–Crippen MR) is 129 cm³/mol. The van der Waals surface area contributed by atoms with Crippen molar-refractivity contribution in [2.24, 2.45) is 11.8 Å². The average Bonchev–Trinajstić information content (AvgIpc) is 3.11. The summed E-state index contributed by atoms with van der Waals surface area (Å²) >= 11 is 0. The summed E-state index contributed by atoms with van der Waals surface area (Å²) in [4.78, 5) is 50.9. The third kappa shape index (κ3) is 3.63. The van der Waals surface area contributed by atoms with Crippen LogP contribution >= 0.6 is 0 Å². The molecule has 0 aromatic heterocycles. The summed E-state index contributed by atoms with van der Waals surface area (Å²) in [6, 6.07) is 13.1. The van der Waals surface area contributed by atoms with Crippen LogP contribution in [0.5, 0.6) is 5.75 Å². The van der Waals surface area contributed by atoms with Crippen molar-refractivity contribution in [1.82, 2.24) is 0 Å². The number of anilines is 1. The Labute approximate surface area is 199 Å². The molecule has 1 fully saturated rings. The minimum absolute atomic E-state index is 0.0252. The van der Waals surface area contributed by atoms with Crippen LogP contribution in [0.3, 0.4) is 0 Å². The molecule has 2 aromatic carbocycles. The van der Waals surface area contributed by atoms with E-state index in [2.05, 4.69) is 0 Å². The molecule has 8 heteroatoms. The van der Waals surface area contributed by atoms with Crippen molar-refractivity contribution in [3.05, 3.63) is 70.4 Å². The second kappa shape index (κ2) is 8.09. The van der Waals surface area contributed by atoms with E-state index in [0.717, 1.165) is 4.90 Å². The molecule has 176 valence electrons. The Morgan fingerprint density at radius 2 is 1.74 bits per heavy atom. The number of imide groups is 1. The van der Waals surface area contributed by atoms with Gasteiger partial charge in [-0.3, -0.25) is 19.3 Å². The molecule has 35 heavy (non-hydrogen) atoms. The number of hydrogen-bond acceptors (Lipinski definition) is 6. The van der Waals surface area contributed by atoms with E-state index in [1.807, 2.05) is 13.8 Å². The molecular formula is C27H21NO7. The van der Waals surface area contributed by atoms with Crippen molar-refractivity contribution in [2.45, 2.75) is 20.3 Å². The third-order valence-electron chi connectivity index (χ3n) is 6.42. The maximum Gasteiger partial charge on any atom is 0.336 e. The van der Waals surface area contributed by atoms with Gasteiger partial charge in [-0.05, 0) is 47.9 Å². The number of carbonyl (C=O) groups is 3. The molecule has 2 amide bonds. The summed E-state index contributed by atoms with van der Waals surface area (Å²) in [5, 5.41) is 20.6. The fourth-order valence-corrected chi connectivity index (χ4v) is 4.66. The summed E-state index contributed by atoms with van der Waals surface area (Å²) in [6.45, 7) is 3.74. The van der Waals surface area contributed by atoms with Gasteiger partial charge in [0.25, 0.3) is 0 Å². The number of phenolic OH excluding ortho intramolecular Hbond substituents is 1. The summed E-state index contributed by atoms with van der Waals surface area (Å²) in [7, 11) is 0. The van der Waals surface area contributed by atoms with E-state index in [0.29, 0.717) is 22.1 Å². The molecule has 0 radical (unpaired) electrons. The largest absolute Gasteiger partial charge is 0.508 e. The molecule has 3 aliphatic rings. The lowest BCUT2D eigenvalue weighted by molar-refractivity contribution is -0.122. The SMILES string of the molecule is CC(C)C1CC(=O)N(c2ccc(-c3c4ccc(=O)cc-4oc4cc(O)ccc34)c(C(=O)O)c2)C1=O. The maximum absolute atomic E-state index is 12.9. The number of aromatic carboxylic acids is 1. The first kappa shape index (κ1) is 22.3. The van der Waals surface area contributed by atoms with Crippen LogP contribution in [0.4, 0.5) is 5.69 Å². The van der Waals surface area contributed by atoms with Crippen molar-refractivity contribution in [3.8, 4) is 28.2 Å². The van der Waals surface area contributed by atoms with Gasteiger partial charge in [0.2, 0.25) is 11.8 Å². The summed E-state index contributed by atoms with van der Waals surface area (Å²) in [5.41, 5.74) is 1.36. The van der Waals surface area contributed by atoms with E-state index in [9.17, 15) is 29.4 Å². The average molecular weight is 471 g/mol. The Morgan fingerprint density at radius 1 is 1.00 bits per heavy atom. The van der Waals surface area contributed by atoms with Crippen molar-refractivity contribution in [3.63, 3.8) is 0 Å². The highest BCUT2D eigenvalue weighted by atomic mass is 16.4. The zero-order chi connectivity index (χ0) is 25.0. The highest BCUT2D eigenvalue weighted by molar-refractivity contribution is 6.21. The number of carboxylic acid groups (broad SMARTS) is 1. The third-order valence-corrected chi connectivity index (χ3v) is 6.42. The molecule has 8 nitrogen and oxygen atoms in total. The summed E-state index contributed by atoms with van der Waals surface area (Å²) < 4.78 is 5.83. The number of aromatic hydroxyl groups is 1. The minimum Gasteiger partial charge on any atom is -0.508 e. The fraction of sp³-hybridized carbons (Fsp3) is 0.185. The molecule has 1 unspecified atom stereocenters. The van der Waals surface area contributed by atoms with Crippen LogP contribution in [0.15, 0.2) is 63.8 Å². The molecule has 2 aliphatic heterocycles. The summed E-state index contributed by atoms with van der Waals surface area (Å²) in [5.74, 6) is -2.26. The molecular weight excluding hydrogens is 450 g/mol. The van der Waals surface area contributed by atoms with Gasteiger partial charge in [0.15, 0.2) is 5.43 Å². The molecule has 1 atom stereocenters. The van der Waals surface area contributed by atoms with Gasteiger partial charge in [-0.15, -0.1) is 0 Å². The first-order valence-corrected chi connectivity index (χ1v) is 11.1. The lowest BCUT2D eigenvalue weighted by Crippen LogP contribution is -2.31. The molecule has 1 saturated heterocycles. The molecule has 2 heterocycles. The number of amides is 2. The highest BCUT2D eigenvalue weighted by Crippen LogP contribution is 2.43.